The van der Waals surface area contributed by atoms with Gasteiger partial charge in [-0.25, -0.2) is 0 Å². The smallest absolute Gasteiger partial charge is 0.271 e. The van der Waals surface area contributed by atoms with Gasteiger partial charge in [0.2, 0.25) is 0 Å². The Hall–Kier alpha value is -5.06. The molecule has 228 valence electrons. The van der Waals surface area contributed by atoms with E-state index in [1.807, 2.05) is 60.7 Å². The molecule has 0 radical (unpaired) electrons. The van der Waals surface area contributed by atoms with Gasteiger partial charge >= 0.3 is 0 Å². The van der Waals surface area contributed by atoms with Gasteiger partial charge in [-0.1, -0.05) is 72.8 Å². The molecule has 0 aliphatic rings. The highest BCUT2D eigenvalue weighted by Crippen LogP contribution is 2.27. The first-order chi connectivity index (χ1) is 21.2. The maximum atomic E-state index is 13.6. The molecule has 0 fully saturated rings. The zero-order chi connectivity index (χ0) is 31.5. The van der Waals surface area contributed by atoms with Crippen LogP contribution in [0.3, 0.4) is 0 Å². The second-order valence-corrected chi connectivity index (χ2v) is 10.5. The van der Waals surface area contributed by atoms with Crippen molar-refractivity contribution in [2.75, 3.05) is 20.2 Å². The Bertz CT molecular complexity index is 1580. The van der Waals surface area contributed by atoms with E-state index in [4.69, 9.17) is 4.74 Å². The molecule has 0 aromatic heterocycles. The van der Waals surface area contributed by atoms with E-state index in [1.54, 1.807) is 38.3 Å². The highest BCUT2D eigenvalue weighted by atomic mass is 16.6. The molecule has 10 heteroatoms. The van der Waals surface area contributed by atoms with Gasteiger partial charge in [0.05, 0.1) is 23.7 Å². The summed E-state index contributed by atoms with van der Waals surface area (Å²) in [5.74, 6) is -0.496. The van der Waals surface area contributed by atoms with Gasteiger partial charge in [-0.05, 0) is 48.2 Å². The number of aliphatic hydroxyl groups excluding tert-OH is 1. The monoisotopic (exact) mass is 596 g/mol. The molecular formula is C34H36N4O6. The summed E-state index contributed by atoms with van der Waals surface area (Å²) in [4.78, 5) is 37.7. The van der Waals surface area contributed by atoms with Crippen LogP contribution < -0.4 is 20.7 Å². The highest BCUT2D eigenvalue weighted by Gasteiger charge is 2.37. The number of hydrogen-bond donors (Lipinski definition) is 4. The molecule has 0 heterocycles. The molecule has 4 aromatic carbocycles. The molecule has 4 aromatic rings. The lowest BCUT2D eigenvalue weighted by Crippen LogP contribution is -2.55. The van der Waals surface area contributed by atoms with Gasteiger partial charge < -0.3 is 25.8 Å². The molecule has 0 aliphatic heterocycles. The lowest BCUT2D eigenvalue weighted by atomic mass is 9.85. The Kier molecular flexibility index (Phi) is 10.8. The summed E-state index contributed by atoms with van der Waals surface area (Å²) in [5.41, 5.74) is 0.839. The standard InChI is InChI=1S/C34H36N4O6/c1-34(28-13-7-4-8-14-28,31(39)23-35-22-25-12-9-15-30(18-25)44-2)37-33(41)27-19-26(20-29(21-27)38(42)43)32(40)36-17-16-24-10-5-3-6-11-24/h3-15,18-21,31,35,39H,16-17,22-23H2,1-2H3,(H,36,40)(H,37,41)/t31-,34+/m1/s1. The van der Waals surface area contributed by atoms with Gasteiger partial charge in [0.1, 0.15) is 5.75 Å². The van der Waals surface area contributed by atoms with Crippen molar-refractivity contribution in [2.24, 2.45) is 0 Å². The van der Waals surface area contributed by atoms with Crippen LogP contribution in [0.2, 0.25) is 0 Å². The molecule has 0 spiro atoms. The first-order valence-corrected chi connectivity index (χ1v) is 14.2. The normalized spacial score (nSPS) is 12.9. The number of ether oxygens (including phenoxy) is 1. The second kappa shape index (κ2) is 14.9. The molecule has 0 saturated carbocycles. The Morgan fingerprint density at radius 2 is 1.52 bits per heavy atom. The van der Waals surface area contributed by atoms with Crippen molar-refractivity contribution in [3.63, 3.8) is 0 Å². The molecule has 4 N–H and O–H groups in total. The summed E-state index contributed by atoms with van der Waals surface area (Å²) in [7, 11) is 1.59. The Morgan fingerprint density at radius 1 is 0.886 bits per heavy atom. The number of nitrogens with zero attached hydrogens (tertiary/aromatic N) is 1. The number of nitrogens with one attached hydrogen (secondary N) is 3. The molecule has 2 atom stereocenters. The Balaban J connectivity index is 1.52. The minimum atomic E-state index is -1.29. The Morgan fingerprint density at radius 3 is 2.18 bits per heavy atom. The number of carbonyl (C=O) groups excluding carboxylic acids is 2. The molecule has 0 bridgehead atoms. The number of rotatable bonds is 14. The van der Waals surface area contributed by atoms with E-state index < -0.39 is 34.1 Å². The van der Waals surface area contributed by atoms with E-state index in [-0.39, 0.29) is 17.7 Å². The van der Waals surface area contributed by atoms with E-state index in [9.17, 15) is 24.8 Å². The van der Waals surface area contributed by atoms with Gasteiger partial charge in [-0.15, -0.1) is 0 Å². The Labute approximate surface area is 256 Å². The third-order valence-electron chi connectivity index (χ3n) is 7.41. The van der Waals surface area contributed by atoms with Gasteiger partial charge in [0, 0.05) is 42.9 Å². The zero-order valence-corrected chi connectivity index (χ0v) is 24.7. The van der Waals surface area contributed by atoms with Gasteiger partial charge in [0.15, 0.2) is 0 Å². The van der Waals surface area contributed by atoms with Crippen molar-refractivity contribution < 1.29 is 24.4 Å². The van der Waals surface area contributed by atoms with Gasteiger partial charge in [-0.2, -0.15) is 0 Å². The maximum absolute atomic E-state index is 13.6. The van der Waals surface area contributed by atoms with Crippen molar-refractivity contribution in [3.05, 3.63) is 141 Å². The maximum Gasteiger partial charge on any atom is 0.271 e. The predicted octanol–water partition coefficient (Wildman–Crippen LogP) is 4.37. The van der Waals surface area contributed by atoms with E-state index >= 15 is 0 Å². The van der Waals surface area contributed by atoms with Crippen LogP contribution in [-0.2, 0) is 18.5 Å². The predicted molar refractivity (Wildman–Crippen MR) is 168 cm³/mol. The van der Waals surface area contributed by atoms with Crippen LogP contribution >= 0.6 is 0 Å². The number of nitro groups is 1. The topological polar surface area (TPSA) is 143 Å². The fourth-order valence-electron chi connectivity index (χ4n) is 4.83. The summed E-state index contributed by atoms with van der Waals surface area (Å²) in [6, 6.07) is 29.7. The molecule has 44 heavy (non-hydrogen) atoms. The van der Waals surface area contributed by atoms with Crippen LogP contribution in [0.5, 0.6) is 5.75 Å². The molecule has 4 rings (SSSR count). The average molecular weight is 597 g/mol. The molecular weight excluding hydrogens is 560 g/mol. The van der Waals surface area contributed by atoms with E-state index in [1.165, 1.54) is 6.07 Å². The van der Waals surface area contributed by atoms with E-state index in [2.05, 4.69) is 16.0 Å². The molecule has 10 nitrogen and oxygen atoms in total. The molecule has 0 unspecified atom stereocenters. The van der Waals surface area contributed by atoms with E-state index in [0.29, 0.717) is 30.8 Å². The molecule has 0 saturated heterocycles. The third kappa shape index (κ3) is 8.27. The number of amides is 2. The second-order valence-electron chi connectivity index (χ2n) is 10.5. The van der Waals surface area contributed by atoms with Crippen molar-refractivity contribution in [2.45, 2.75) is 31.5 Å². The van der Waals surface area contributed by atoms with Crippen molar-refractivity contribution in [1.82, 2.24) is 16.0 Å². The number of non-ortho nitro benzene ring substituents is 1. The number of carbonyl (C=O) groups is 2. The minimum Gasteiger partial charge on any atom is -0.497 e. The summed E-state index contributed by atoms with van der Waals surface area (Å²) < 4.78 is 5.27. The summed E-state index contributed by atoms with van der Waals surface area (Å²) in [5, 5.41) is 32.0. The number of aliphatic hydroxyl groups is 1. The lowest BCUT2D eigenvalue weighted by molar-refractivity contribution is -0.384. The summed E-state index contributed by atoms with van der Waals surface area (Å²) >= 11 is 0. The van der Waals surface area contributed by atoms with Gasteiger partial charge in [0.25, 0.3) is 17.5 Å². The SMILES string of the molecule is COc1cccc(CNC[C@@H](O)[C@@](C)(NC(=O)c2cc(C(=O)NCCc3ccccc3)cc([N+](=O)[O-])c2)c2ccccc2)c1. The average Bonchev–Trinajstić information content (AvgIpc) is 3.05. The largest absolute Gasteiger partial charge is 0.497 e. The van der Waals surface area contributed by atoms with E-state index in [0.717, 1.165) is 23.3 Å². The molecule has 2 amide bonds. The number of methoxy groups -OCH3 is 1. The first kappa shape index (κ1) is 31.9. The minimum absolute atomic E-state index is 0.0145. The fraction of sp³-hybridized carbons (Fsp3) is 0.235. The van der Waals surface area contributed by atoms with Crippen molar-refractivity contribution in [3.8, 4) is 5.75 Å². The molecule has 0 aliphatic carbocycles. The van der Waals surface area contributed by atoms with Crippen molar-refractivity contribution in [1.29, 1.82) is 0 Å². The van der Waals surface area contributed by atoms with Crippen LogP contribution in [0.25, 0.3) is 0 Å². The lowest BCUT2D eigenvalue weighted by Gasteiger charge is -2.36. The quantitative estimate of drug-likeness (QED) is 0.125. The summed E-state index contributed by atoms with van der Waals surface area (Å²) in [6.07, 6.45) is -0.521. The zero-order valence-electron chi connectivity index (χ0n) is 24.7. The van der Waals surface area contributed by atoms with Crippen molar-refractivity contribution >= 4 is 17.5 Å². The number of nitro benzene ring substituents is 1. The van der Waals surface area contributed by atoms with Crippen LogP contribution in [0, 0.1) is 10.1 Å². The third-order valence-corrected chi connectivity index (χ3v) is 7.41. The van der Waals surface area contributed by atoms with Crippen LogP contribution in [0.1, 0.15) is 44.3 Å². The van der Waals surface area contributed by atoms with Crippen LogP contribution in [0.4, 0.5) is 5.69 Å². The fourth-order valence-corrected chi connectivity index (χ4v) is 4.83. The number of hydrogen-bond acceptors (Lipinski definition) is 7. The highest BCUT2D eigenvalue weighted by molar-refractivity contribution is 6.01. The first-order valence-electron chi connectivity index (χ1n) is 14.2. The summed E-state index contributed by atoms with van der Waals surface area (Å²) in [6.45, 7) is 2.56. The number of benzene rings is 4. The van der Waals surface area contributed by atoms with Crippen LogP contribution in [-0.4, -0.2) is 48.1 Å². The van der Waals surface area contributed by atoms with Crippen LogP contribution in [0.15, 0.2) is 103 Å². The van der Waals surface area contributed by atoms with Gasteiger partial charge in [-0.3, -0.25) is 19.7 Å².